The van der Waals surface area contributed by atoms with Crippen LogP contribution in [0.3, 0.4) is 0 Å². The molecule has 0 saturated carbocycles. The minimum absolute atomic E-state index is 0.134. The Balaban J connectivity index is 2.04. The Kier molecular flexibility index (Phi) is 2.22. The van der Waals surface area contributed by atoms with E-state index in [2.05, 4.69) is 44.8 Å². The van der Waals surface area contributed by atoms with Crippen molar-refractivity contribution in [2.45, 2.75) is 19.4 Å². The second kappa shape index (κ2) is 3.72. The molecule has 1 aliphatic heterocycles. The molecule has 1 atom stereocenters. The molecule has 4 heteroatoms. The molecule has 1 aromatic carbocycles. The van der Waals surface area contributed by atoms with Crippen LogP contribution in [0.1, 0.15) is 28.8 Å². The highest BCUT2D eigenvalue weighted by molar-refractivity contribution is 5.35. The van der Waals surface area contributed by atoms with Gasteiger partial charge in [0.15, 0.2) is 5.82 Å². The molecule has 3 rings (SSSR count). The summed E-state index contributed by atoms with van der Waals surface area (Å²) < 4.78 is 0. The molecule has 0 amide bonds. The second-order valence-corrected chi connectivity index (χ2v) is 4.11. The lowest BCUT2D eigenvalue weighted by Crippen LogP contribution is -2.31. The van der Waals surface area contributed by atoms with Crippen molar-refractivity contribution in [3.63, 3.8) is 0 Å². The third kappa shape index (κ3) is 1.51. The Bertz CT molecular complexity index is 503. The third-order valence-corrected chi connectivity index (χ3v) is 2.98. The summed E-state index contributed by atoms with van der Waals surface area (Å²) in [4.78, 5) is 4.40. The van der Waals surface area contributed by atoms with E-state index in [1.807, 2.05) is 6.92 Å². The van der Waals surface area contributed by atoms with Crippen molar-refractivity contribution in [3.8, 4) is 0 Å². The predicted octanol–water partition coefficient (Wildman–Crippen LogP) is 1.35. The minimum Gasteiger partial charge on any atom is -0.303 e. The normalized spacial score (nSPS) is 19.4. The topological polar surface area (TPSA) is 53.6 Å². The lowest BCUT2D eigenvalue weighted by Gasteiger charge is -2.24. The summed E-state index contributed by atoms with van der Waals surface area (Å²) in [6, 6.07) is 8.62. The maximum absolute atomic E-state index is 4.40. The number of fused-ring (bicyclic) bond motifs is 1. The first-order valence-electron chi connectivity index (χ1n) is 5.54. The molecular weight excluding hydrogens is 200 g/mol. The van der Waals surface area contributed by atoms with Crippen molar-refractivity contribution >= 4 is 0 Å². The summed E-state index contributed by atoms with van der Waals surface area (Å²) in [5.41, 5.74) is 2.70. The van der Waals surface area contributed by atoms with Crippen LogP contribution in [-0.4, -0.2) is 21.7 Å². The summed E-state index contributed by atoms with van der Waals surface area (Å²) in [5.74, 6) is 1.70. The smallest absolute Gasteiger partial charge is 0.172 e. The van der Waals surface area contributed by atoms with Gasteiger partial charge in [-0.1, -0.05) is 24.3 Å². The Morgan fingerprint density at radius 3 is 3.00 bits per heavy atom. The highest BCUT2D eigenvalue weighted by Crippen LogP contribution is 2.26. The van der Waals surface area contributed by atoms with Gasteiger partial charge in [0, 0.05) is 6.54 Å². The van der Waals surface area contributed by atoms with Crippen LogP contribution < -0.4 is 5.32 Å². The number of nitrogens with one attached hydrogen (secondary N) is 2. The van der Waals surface area contributed by atoms with Crippen LogP contribution in [0.4, 0.5) is 0 Å². The standard InChI is InChI=1S/C12H14N4/c1-8-14-12(16-15-8)11-10-5-3-2-4-9(10)6-7-13-11/h2-5,11,13H,6-7H2,1H3,(H,14,15,16). The molecular formula is C12H14N4. The van der Waals surface area contributed by atoms with Gasteiger partial charge in [0.1, 0.15) is 5.82 Å². The average molecular weight is 214 g/mol. The van der Waals surface area contributed by atoms with E-state index in [9.17, 15) is 0 Å². The van der Waals surface area contributed by atoms with E-state index >= 15 is 0 Å². The first-order valence-corrected chi connectivity index (χ1v) is 5.54. The molecule has 0 aliphatic carbocycles. The monoisotopic (exact) mass is 214 g/mol. The number of hydrogen-bond acceptors (Lipinski definition) is 3. The average Bonchev–Trinajstić information content (AvgIpc) is 2.75. The van der Waals surface area contributed by atoms with E-state index < -0.39 is 0 Å². The van der Waals surface area contributed by atoms with Crippen LogP contribution in [0, 0.1) is 6.92 Å². The van der Waals surface area contributed by atoms with Gasteiger partial charge in [0.25, 0.3) is 0 Å². The minimum atomic E-state index is 0.134. The number of benzene rings is 1. The first kappa shape index (κ1) is 9.54. The van der Waals surface area contributed by atoms with Gasteiger partial charge in [-0.25, -0.2) is 4.98 Å². The van der Waals surface area contributed by atoms with Crippen LogP contribution in [0.5, 0.6) is 0 Å². The Hall–Kier alpha value is -1.68. The van der Waals surface area contributed by atoms with Gasteiger partial charge in [0.05, 0.1) is 6.04 Å². The fourth-order valence-corrected chi connectivity index (χ4v) is 2.22. The molecule has 1 aliphatic rings. The molecule has 0 spiro atoms. The molecule has 0 fully saturated rings. The predicted molar refractivity (Wildman–Crippen MR) is 61.1 cm³/mol. The third-order valence-electron chi connectivity index (χ3n) is 2.98. The number of aromatic amines is 1. The molecule has 0 bridgehead atoms. The zero-order chi connectivity index (χ0) is 11.0. The number of hydrogen-bond donors (Lipinski definition) is 2. The van der Waals surface area contributed by atoms with Gasteiger partial charge in [-0.3, -0.25) is 5.10 Å². The zero-order valence-corrected chi connectivity index (χ0v) is 9.20. The van der Waals surface area contributed by atoms with Crippen LogP contribution in [0.15, 0.2) is 24.3 Å². The van der Waals surface area contributed by atoms with Gasteiger partial charge in [-0.05, 0) is 24.5 Å². The molecule has 2 N–H and O–H groups in total. The van der Waals surface area contributed by atoms with E-state index in [-0.39, 0.29) is 6.04 Å². The highest BCUT2D eigenvalue weighted by atomic mass is 15.2. The summed E-state index contributed by atoms with van der Waals surface area (Å²) in [7, 11) is 0. The second-order valence-electron chi connectivity index (χ2n) is 4.11. The van der Waals surface area contributed by atoms with Gasteiger partial charge in [-0.2, -0.15) is 5.10 Å². The molecule has 0 saturated heterocycles. The fraction of sp³-hybridized carbons (Fsp3) is 0.333. The van der Waals surface area contributed by atoms with Crippen LogP contribution in [0.25, 0.3) is 0 Å². The molecule has 16 heavy (non-hydrogen) atoms. The molecule has 2 heterocycles. The van der Waals surface area contributed by atoms with Crippen LogP contribution >= 0.6 is 0 Å². The fourth-order valence-electron chi connectivity index (χ4n) is 2.22. The summed E-state index contributed by atoms with van der Waals surface area (Å²) in [6.07, 6.45) is 1.08. The molecule has 4 nitrogen and oxygen atoms in total. The van der Waals surface area contributed by atoms with E-state index in [1.165, 1.54) is 11.1 Å². The van der Waals surface area contributed by atoms with Crippen molar-refractivity contribution in [1.82, 2.24) is 20.5 Å². The highest BCUT2D eigenvalue weighted by Gasteiger charge is 2.23. The Labute approximate surface area is 94.1 Å². The largest absolute Gasteiger partial charge is 0.303 e. The molecule has 1 unspecified atom stereocenters. The van der Waals surface area contributed by atoms with Crippen molar-refractivity contribution in [2.75, 3.05) is 6.54 Å². The lowest BCUT2D eigenvalue weighted by molar-refractivity contribution is 0.545. The van der Waals surface area contributed by atoms with Crippen molar-refractivity contribution < 1.29 is 0 Å². The van der Waals surface area contributed by atoms with E-state index in [0.29, 0.717) is 0 Å². The van der Waals surface area contributed by atoms with E-state index in [1.54, 1.807) is 0 Å². The van der Waals surface area contributed by atoms with Gasteiger partial charge < -0.3 is 5.32 Å². The van der Waals surface area contributed by atoms with Crippen molar-refractivity contribution in [1.29, 1.82) is 0 Å². The molecule has 2 aromatic rings. The Morgan fingerprint density at radius 1 is 1.31 bits per heavy atom. The molecule has 0 radical (unpaired) electrons. The van der Waals surface area contributed by atoms with Crippen LogP contribution in [0.2, 0.25) is 0 Å². The maximum Gasteiger partial charge on any atom is 0.172 e. The Morgan fingerprint density at radius 2 is 2.19 bits per heavy atom. The number of rotatable bonds is 1. The first-order chi connectivity index (χ1) is 7.84. The van der Waals surface area contributed by atoms with Crippen LogP contribution in [-0.2, 0) is 6.42 Å². The summed E-state index contributed by atoms with van der Waals surface area (Å²) in [6.45, 7) is 2.90. The quantitative estimate of drug-likeness (QED) is 0.753. The van der Waals surface area contributed by atoms with E-state index in [4.69, 9.17) is 0 Å². The SMILES string of the molecule is Cc1nc(C2NCCc3ccccc32)n[nH]1. The molecule has 82 valence electrons. The van der Waals surface area contributed by atoms with Gasteiger partial charge in [0.2, 0.25) is 0 Å². The number of aromatic nitrogens is 3. The number of H-pyrrole nitrogens is 1. The summed E-state index contributed by atoms with van der Waals surface area (Å²) >= 11 is 0. The van der Waals surface area contributed by atoms with E-state index in [0.717, 1.165) is 24.6 Å². The van der Waals surface area contributed by atoms with Gasteiger partial charge in [-0.15, -0.1) is 0 Å². The summed E-state index contributed by atoms with van der Waals surface area (Å²) in [5, 5.41) is 10.6. The lowest BCUT2D eigenvalue weighted by atomic mass is 9.94. The molecule has 1 aromatic heterocycles. The zero-order valence-electron chi connectivity index (χ0n) is 9.20. The van der Waals surface area contributed by atoms with Crippen molar-refractivity contribution in [3.05, 3.63) is 47.0 Å². The number of aryl methyl sites for hydroxylation is 1. The van der Waals surface area contributed by atoms with Crippen molar-refractivity contribution in [2.24, 2.45) is 0 Å². The van der Waals surface area contributed by atoms with Gasteiger partial charge >= 0.3 is 0 Å². The maximum atomic E-state index is 4.40. The number of nitrogens with zero attached hydrogens (tertiary/aromatic N) is 2.